The van der Waals surface area contributed by atoms with E-state index in [1.54, 1.807) is 0 Å². The lowest BCUT2D eigenvalue weighted by atomic mass is 10.2. The molecule has 0 spiro atoms. The number of fused-ring (bicyclic) bond motifs is 1. The highest BCUT2D eigenvalue weighted by atomic mass is 35.5. The van der Waals surface area contributed by atoms with Crippen LogP contribution in [0.2, 0.25) is 5.02 Å². The third-order valence-electron chi connectivity index (χ3n) is 3.12. The lowest BCUT2D eigenvalue weighted by molar-refractivity contribution is 1.08. The van der Waals surface area contributed by atoms with Crippen molar-refractivity contribution in [2.24, 2.45) is 0 Å². The van der Waals surface area contributed by atoms with Crippen molar-refractivity contribution in [1.29, 1.82) is 0 Å². The second-order valence-electron chi connectivity index (χ2n) is 4.63. The molecule has 0 bridgehead atoms. The first kappa shape index (κ1) is 12.9. The summed E-state index contributed by atoms with van der Waals surface area (Å²) in [6.45, 7) is 2.66. The minimum atomic E-state index is 0.699. The van der Waals surface area contributed by atoms with E-state index < -0.39 is 0 Å². The maximum atomic E-state index is 5.88. The molecule has 3 nitrogen and oxygen atoms in total. The molecule has 0 amide bonds. The van der Waals surface area contributed by atoms with Gasteiger partial charge in [0.1, 0.15) is 5.82 Å². The average molecular weight is 284 g/mol. The molecular weight excluding hydrogens is 270 g/mol. The molecule has 0 unspecified atom stereocenters. The fourth-order valence-electron chi connectivity index (χ4n) is 2.04. The molecule has 0 radical (unpaired) electrons. The predicted octanol–water partition coefficient (Wildman–Crippen LogP) is 4.20. The Kier molecular flexibility index (Phi) is 3.52. The van der Waals surface area contributed by atoms with Gasteiger partial charge >= 0.3 is 0 Å². The van der Waals surface area contributed by atoms with Crippen molar-refractivity contribution in [2.45, 2.75) is 13.5 Å². The summed E-state index contributed by atoms with van der Waals surface area (Å²) in [4.78, 5) is 9.16. The Labute approximate surface area is 122 Å². The summed E-state index contributed by atoms with van der Waals surface area (Å²) in [5, 5.41) is 4.07. The fourth-order valence-corrected chi connectivity index (χ4v) is 2.17. The molecule has 3 aromatic rings. The summed E-state index contributed by atoms with van der Waals surface area (Å²) in [7, 11) is 0. The first-order valence-corrected chi connectivity index (χ1v) is 6.82. The van der Waals surface area contributed by atoms with Crippen molar-refractivity contribution in [2.75, 3.05) is 5.32 Å². The van der Waals surface area contributed by atoms with E-state index in [1.807, 2.05) is 55.5 Å². The Morgan fingerprint density at radius 3 is 2.30 bits per heavy atom. The van der Waals surface area contributed by atoms with Gasteiger partial charge in [-0.15, -0.1) is 0 Å². The number of anilines is 1. The van der Waals surface area contributed by atoms with Gasteiger partial charge in [0, 0.05) is 11.6 Å². The molecular formula is C16H14ClN3. The number of benzene rings is 2. The molecule has 0 saturated carbocycles. The molecule has 1 aromatic heterocycles. The van der Waals surface area contributed by atoms with Crippen LogP contribution in [-0.4, -0.2) is 9.97 Å². The Morgan fingerprint density at radius 1 is 0.950 bits per heavy atom. The SMILES string of the molecule is Cc1nc2ccccc2nc1NCc1ccc(Cl)cc1. The number of hydrogen-bond acceptors (Lipinski definition) is 3. The molecule has 0 aliphatic rings. The van der Waals surface area contributed by atoms with Crippen LogP contribution in [0.15, 0.2) is 48.5 Å². The van der Waals surface area contributed by atoms with Gasteiger partial charge in [-0.1, -0.05) is 35.9 Å². The first-order chi connectivity index (χ1) is 9.72. The summed E-state index contributed by atoms with van der Waals surface area (Å²) in [6, 6.07) is 15.6. The maximum absolute atomic E-state index is 5.88. The van der Waals surface area contributed by atoms with Crippen molar-refractivity contribution < 1.29 is 0 Å². The van der Waals surface area contributed by atoms with Gasteiger partial charge in [-0.2, -0.15) is 0 Å². The molecule has 0 atom stereocenters. The van der Waals surface area contributed by atoms with Gasteiger partial charge in [0.2, 0.25) is 0 Å². The monoisotopic (exact) mass is 283 g/mol. The lowest BCUT2D eigenvalue weighted by Gasteiger charge is -2.09. The van der Waals surface area contributed by atoms with Crippen LogP contribution in [0.5, 0.6) is 0 Å². The summed E-state index contributed by atoms with van der Waals surface area (Å²) in [6.07, 6.45) is 0. The number of para-hydroxylation sites is 2. The van der Waals surface area contributed by atoms with Crippen LogP contribution in [0.25, 0.3) is 11.0 Å². The minimum absolute atomic E-state index is 0.699. The van der Waals surface area contributed by atoms with Crippen LogP contribution in [0.1, 0.15) is 11.3 Å². The number of rotatable bonds is 3. The molecule has 0 saturated heterocycles. The lowest BCUT2D eigenvalue weighted by Crippen LogP contribution is -2.04. The quantitative estimate of drug-likeness (QED) is 0.783. The number of aromatic nitrogens is 2. The van der Waals surface area contributed by atoms with Crippen molar-refractivity contribution in [1.82, 2.24) is 9.97 Å². The van der Waals surface area contributed by atoms with Gasteiger partial charge in [0.15, 0.2) is 0 Å². The zero-order chi connectivity index (χ0) is 13.9. The second-order valence-corrected chi connectivity index (χ2v) is 5.06. The summed E-state index contributed by atoms with van der Waals surface area (Å²) in [5.74, 6) is 0.818. The van der Waals surface area contributed by atoms with Crippen LogP contribution in [-0.2, 0) is 6.54 Å². The molecule has 0 aliphatic carbocycles. The summed E-state index contributed by atoms with van der Waals surface area (Å²) >= 11 is 5.88. The van der Waals surface area contributed by atoms with Crippen LogP contribution in [0.4, 0.5) is 5.82 Å². The third-order valence-corrected chi connectivity index (χ3v) is 3.37. The molecule has 1 N–H and O–H groups in total. The Morgan fingerprint density at radius 2 is 1.60 bits per heavy atom. The maximum Gasteiger partial charge on any atom is 0.148 e. The first-order valence-electron chi connectivity index (χ1n) is 6.44. The molecule has 3 rings (SSSR count). The zero-order valence-electron chi connectivity index (χ0n) is 11.1. The zero-order valence-corrected chi connectivity index (χ0v) is 11.9. The summed E-state index contributed by atoms with van der Waals surface area (Å²) in [5.41, 5.74) is 3.88. The largest absolute Gasteiger partial charge is 0.364 e. The van der Waals surface area contributed by atoms with Gasteiger partial charge in [-0.3, -0.25) is 0 Å². The third kappa shape index (κ3) is 2.73. The van der Waals surface area contributed by atoms with E-state index in [0.29, 0.717) is 6.54 Å². The van der Waals surface area contributed by atoms with Gasteiger partial charge < -0.3 is 5.32 Å². The molecule has 0 fully saturated rings. The summed E-state index contributed by atoms with van der Waals surface area (Å²) < 4.78 is 0. The van der Waals surface area contributed by atoms with E-state index in [4.69, 9.17) is 11.6 Å². The Balaban J connectivity index is 1.83. The highest BCUT2D eigenvalue weighted by Gasteiger charge is 2.04. The Bertz CT molecular complexity index is 738. The van der Waals surface area contributed by atoms with Crippen LogP contribution in [0, 0.1) is 6.92 Å². The number of nitrogens with one attached hydrogen (secondary N) is 1. The molecule has 0 aliphatic heterocycles. The normalized spacial score (nSPS) is 10.7. The van der Waals surface area contributed by atoms with Crippen LogP contribution >= 0.6 is 11.6 Å². The van der Waals surface area contributed by atoms with Crippen molar-refractivity contribution >= 4 is 28.5 Å². The van der Waals surface area contributed by atoms with E-state index in [1.165, 1.54) is 0 Å². The minimum Gasteiger partial charge on any atom is -0.364 e. The number of hydrogen-bond donors (Lipinski definition) is 1. The van der Waals surface area contributed by atoms with Crippen molar-refractivity contribution in [3.05, 3.63) is 64.8 Å². The van der Waals surface area contributed by atoms with E-state index in [-0.39, 0.29) is 0 Å². The second kappa shape index (κ2) is 5.47. The topological polar surface area (TPSA) is 37.8 Å². The standard InChI is InChI=1S/C16H14ClN3/c1-11-16(18-10-12-6-8-13(17)9-7-12)20-15-5-3-2-4-14(15)19-11/h2-9H,10H2,1H3,(H,18,20). The predicted molar refractivity (Wildman–Crippen MR) is 83.1 cm³/mol. The molecule has 20 heavy (non-hydrogen) atoms. The van der Waals surface area contributed by atoms with Crippen LogP contribution in [0.3, 0.4) is 0 Å². The Hall–Kier alpha value is -2.13. The van der Waals surface area contributed by atoms with Crippen molar-refractivity contribution in [3.63, 3.8) is 0 Å². The van der Waals surface area contributed by atoms with E-state index in [9.17, 15) is 0 Å². The van der Waals surface area contributed by atoms with Gasteiger partial charge in [-0.05, 0) is 36.8 Å². The number of nitrogens with zero attached hydrogens (tertiary/aromatic N) is 2. The highest BCUT2D eigenvalue weighted by Crippen LogP contribution is 2.17. The molecule has 2 aromatic carbocycles. The molecule has 1 heterocycles. The molecule has 4 heteroatoms. The smallest absolute Gasteiger partial charge is 0.148 e. The fraction of sp³-hybridized carbons (Fsp3) is 0.125. The van der Waals surface area contributed by atoms with Gasteiger partial charge in [0.25, 0.3) is 0 Å². The average Bonchev–Trinajstić information content (AvgIpc) is 2.47. The number of aryl methyl sites for hydroxylation is 1. The number of halogens is 1. The van der Waals surface area contributed by atoms with Gasteiger partial charge in [-0.25, -0.2) is 9.97 Å². The van der Waals surface area contributed by atoms with Gasteiger partial charge in [0.05, 0.1) is 16.7 Å². The molecule has 100 valence electrons. The highest BCUT2D eigenvalue weighted by molar-refractivity contribution is 6.30. The van der Waals surface area contributed by atoms with Crippen LogP contribution < -0.4 is 5.32 Å². The van der Waals surface area contributed by atoms with E-state index >= 15 is 0 Å². The van der Waals surface area contributed by atoms with E-state index in [0.717, 1.165) is 33.1 Å². The van der Waals surface area contributed by atoms with E-state index in [2.05, 4.69) is 15.3 Å². The van der Waals surface area contributed by atoms with Crippen molar-refractivity contribution in [3.8, 4) is 0 Å².